The Kier molecular flexibility index (Phi) is 9.90. The van der Waals surface area contributed by atoms with Crippen molar-refractivity contribution in [3.63, 3.8) is 0 Å². The highest BCUT2D eigenvalue weighted by Crippen LogP contribution is 2.39. The molecule has 2 aromatic rings. The number of hydrogen-bond acceptors (Lipinski definition) is 5. The van der Waals surface area contributed by atoms with Crippen molar-refractivity contribution >= 4 is 109 Å². The van der Waals surface area contributed by atoms with Crippen LogP contribution in [0.5, 0.6) is 0 Å². The molecule has 8 nitrogen and oxygen atoms in total. The minimum atomic E-state index is -0.745. The van der Waals surface area contributed by atoms with Crippen molar-refractivity contribution in [2.75, 3.05) is 22.6 Å². The first-order chi connectivity index (χ1) is 15.3. The molecule has 0 radical (unpaired) electrons. The minimum absolute atomic E-state index is 0.152. The number of halogens is 3. The SMILES string of the molecule is CC(=O)Nc1c(I)c(NC(C)=O)c(I)c(C(=O)OCC(=O)Nc2c(C)cc(C)cc2C)c1I. The van der Waals surface area contributed by atoms with E-state index in [0.29, 0.717) is 27.8 Å². The highest BCUT2D eigenvalue weighted by Gasteiger charge is 2.27. The lowest BCUT2D eigenvalue weighted by molar-refractivity contribution is -0.119. The fourth-order valence-electron chi connectivity index (χ4n) is 3.17. The number of aryl methyl sites for hydroxylation is 3. The van der Waals surface area contributed by atoms with E-state index in [9.17, 15) is 19.2 Å². The molecule has 0 atom stereocenters. The highest BCUT2D eigenvalue weighted by molar-refractivity contribution is 14.1. The molecule has 33 heavy (non-hydrogen) atoms. The molecule has 176 valence electrons. The second-order valence-electron chi connectivity index (χ2n) is 7.33. The van der Waals surface area contributed by atoms with Gasteiger partial charge in [0.05, 0.1) is 27.6 Å². The average molecular weight is 789 g/mol. The molecule has 0 heterocycles. The van der Waals surface area contributed by atoms with Gasteiger partial charge in [-0.15, -0.1) is 0 Å². The van der Waals surface area contributed by atoms with Crippen LogP contribution >= 0.6 is 67.8 Å². The van der Waals surface area contributed by atoms with E-state index in [2.05, 4.69) is 16.0 Å². The number of ether oxygens (including phenoxy) is 1. The third-order valence-electron chi connectivity index (χ3n) is 4.40. The Hall–Kier alpha value is -1.49. The molecule has 3 amide bonds. The van der Waals surface area contributed by atoms with E-state index in [1.54, 1.807) is 0 Å². The number of rotatable bonds is 6. The van der Waals surface area contributed by atoms with Crippen LogP contribution in [0.1, 0.15) is 40.9 Å². The first kappa shape index (κ1) is 27.8. The van der Waals surface area contributed by atoms with Crippen molar-refractivity contribution in [2.24, 2.45) is 0 Å². The van der Waals surface area contributed by atoms with Gasteiger partial charge in [0.25, 0.3) is 5.91 Å². The van der Waals surface area contributed by atoms with Gasteiger partial charge in [0, 0.05) is 19.5 Å². The molecule has 0 aliphatic heterocycles. The van der Waals surface area contributed by atoms with Crippen LogP contribution in [-0.2, 0) is 19.1 Å². The van der Waals surface area contributed by atoms with Crippen molar-refractivity contribution in [1.82, 2.24) is 0 Å². The normalized spacial score (nSPS) is 10.4. The standard InChI is InChI=1S/C22H22I3N3O5/c1-9-6-10(2)19(11(3)7-9)28-14(31)8-33-22(32)15-16(23)20(26-12(4)29)18(25)21(17(15)24)27-13(5)30/h6-7H,8H2,1-5H3,(H,26,29)(H,27,30)(H,28,31). The zero-order chi connectivity index (χ0) is 25.0. The minimum Gasteiger partial charge on any atom is -0.452 e. The summed E-state index contributed by atoms with van der Waals surface area (Å²) in [6, 6.07) is 3.91. The molecule has 0 aliphatic rings. The lowest BCUT2D eigenvalue weighted by atomic mass is 10.1. The Bertz CT molecular complexity index is 1100. The lowest BCUT2D eigenvalue weighted by Crippen LogP contribution is -2.24. The summed E-state index contributed by atoms with van der Waals surface area (Å²) in [5, 5.41) is 8.18. The fraction of sp³-hybridized carbons (Fsp3) is 0.273. The van der Waals surface area contributed by atoms with Gasteiger partial charge in [0.2, 0.25) is 11.8 Å². The number of anilines is 3. The Morgan fingerprint density at radius 3 is 1.64 bits per heavy atom. The molecule has 0 fully saturated rings. The van der Waals surface area contributed by atoms with Crippen molar-refractivity contribution in [3.05, 3.63) is 45.1 Å². The summed E-state index contributed by atoms with van der Waals surface area (Å²) in [5.74, 6) is -1.88. The fourth-order valence-corrected chi connectivity index (χ4v) is 7.32. The molecular weight excluding hydrogens is 767 g/mol. The van der Waals surface area contributed by atoms with Crippen molar-refractivity contribution in [2.45, 2.75) is 34.6 Å². The second kappa shape index (κ2) is 11.8. The van der Waals surface area contributed by atoms with E-state index in [0.717, 1.165) is 16.7 Å². The van der Waals surface area contributed by atoms with Gasteiger partial charge >= 0.3 is 5.97 Å². The summed E-state index contributed by atoms with van der Waals surface area (Å²) in [6.07, 6.45) is 0. The maximum absolute atomic E-state index is 13.0. The predicted octanol–water partition coefficient (Wildman–Crippen LogP) is 5.14. The number of benzene rings is 2. The van der Waals surface area contributed by atoms with E-state index >= 15 is 0 Å². The van der Waals surface area contributed by atoms with Gasteiger partial charge in [-0.25, -0.2) is 4.79 Å². The number of esters is 1. The third kappa shape index (κ3) is 7.00. The van der Waals surface area contributed by atoms with E-state index in [-0.39, 0.29) is 17.4 Å². The molecule has 0 unspecified atom stereocenters. The van der Waals surface area contributed by atoms with Crippen LogP contribution in [0.25, 0.3) is 0 Å². The van der Waals surface area contributed by atoms with Crippen molar-refractivity contribution in [1.29, 1.82) is 0 Å². The molecule has 3 N–H and O–H groups in total. The number of nitrogens with one attached hydrogen (secondary N) is 3. The first-order valence-corrected chi connectivity index (χ1v) is 12.9. The van der Waals surface area contributed by atoms with Crippen LogP contribution in [0.3, 0.4) is 0 Å². The molecule has 0 aliphatic carbocycles. The summed E-state index contributed by atoms with van der Waals surface area (Å²) < 4.78 is 6.77. The zero-order valence-electron chi connectivity index (χ0n) is 18.5. The largest absolute Gasteiger partial charge is 0.452 e. The maximum Gasteiger partial charge on any atom is 0.340 e. The van der Waals surface area contributed by atoms with Crippen molar-refractivity contribution in [3.8, 4) is 0 Å². The molecular formula is C22H22I3N3O5. The summed E-state index contributed by atoms with van der Waals surface area (Å²) >= 11 is 5.88. The Morgan fingerprint density at radius 1 is 0.758 bits per heavy atom. The van der Waals surface area contributed by atoms with E-state index in [1.807, 2.05) is 101 Å². The van der Waals surface area contributed by atoms with Gasteiger partial charge in [-0.1, -0.05) is 17.7 Å². The lowest BCUT2D eigenvalue weighted by Gasteiger charge is -2.19. The van der Waals surface area contributed by atoms with Gasteiger partial charge in [0.15, 0.2) is 6.61 Å². The monoisotopic (exact) mass is 789 g/mol. The van der Waals surface area contributed by atoms with Gasteiger partial charge in [-0.2, -0.15) is 0 Å². The van der Waals surface area contributed by atoms with Crippen LogP contribution in [0, 0.1) is 31.5 Å². The Morgan fingerprint density at radius 2 is 1.21 bits per heavy atom. The Balaban J connectivity index is 2.32. The van der Waals surface area contributed by atoms with Crippen LogP contribution < -0.4 is 16.0 Å². The smallest absolute Gasteiger partial charge is 0.340 e. The molecule has 2 aromatic carbocycles. The van der Waals surface area contributed by atoms with Gasteiger partial charge in [0.1, 0.15) is 0 Å². The molecule has 11 heteroatoms. The van der Waals surface area contributed by atoms with Gasteiger partial charge < -0.3 is 20.7 Å². The van der Waals surface area contributed by atoms with E-state index in [1.165, 1.54) is 13.8 Å². The molecule has 2 rings (SSSR count). The summed E-state index contributed by atoms with van der Waals surface area (Å²) in [6.45, 7) is 7.96. The zero-order valence-corrected chi connectivity index (χ0v) is 25.0. The Labute approximate surface area is 232 Å². The molecule has 0 saturated heterocycles. The number of hydrogen-bond donors (Lipinski definition) is 3. The summed E-state index contributed by atoms with van der Waals surface area (Å²) in [7, 11) is 0. The maximum atomic E-state index is 13.0. The van der Waals surface area contributed by atoms with Crippen LogP contribution in [0.4, 0.5) is 17.1 Å². The molecule has 0 saturated carbocycles. The average Bonchev–Trinajstić information content (AvgIpc) is 2.69. The van der Waals surface area contributed by atoms with Crippen LogP contribution in [0.2, 0.25) is 0 Å². The molecule has 0 aromatic heterocycles. The number of carbonyl (C=O) groups is 4. The van der Waals surface area contributed by atoms with Gasteiger partial charge in [-0.3, -0.25) is 14.4 Å². The van der Waals surface area contributed by atoms with Crippen molar-refractivity contribution < 1.29 is 23.9 Å². The first-order valence-electron chi connectivity index (χ1n) is 9.63. The van der Waals surface area contributed by atoms with Crippen LogP contribution in [-0.4, -0.2) is 30.3 Å². The van der Waals surface area contributed by atoms with Crippen LogP contribution in [0.15, 0.2) is 12.1 Å². The van der Waals surface area contributed by atoms with Gasteiger partial charge in [-0.05, 0) is 99.7 Å². The highest BCUT2D eigenvalue weighted by atomic mass is 127. The molecule has 0 bridgehead atoms. The third-order valence-corrected chi connectivity index (χ3v) is 7.64. The number of carbonyl (C=O) groups excluding carboxylic acids is 4. The van der Waals surface area contributed by atoms with E-state index < -0.39 is 18.5 Å². The second-order valence-corrected chi connectivity index (χ2v) is 10.6. The predicted molar refractivity (Wildman–Crippen MR) is 153 cm³/mol. The van der Waals surface area contributed by atoms with E-state index in [4.69, 9.17) is 4.74 Å². The number of amides is 3. The topological polar surface area (TPSA) is 114 Å². The molecule has 0 spiro atoms. The summed E-state index contributed by atoms with van der Waals surface area (Å²) in [4.78, 5) is 48.9. The quantitative estimate of drug-likeness (QED) is 0.278. The summed E-state index contributed by atoms with van der Waals surface area (Å²) in [5.41, 5.74) is 4.51.